The van der Waals surface area contributed by atoms with Crippen LogP contribution in [-0.2, 0) is 14.3 Å². The van der Waals surface area contributed by atoms with Crippen LogP contribution in [0, 0.1) is 0 Å². The van der Waals surface area contributed by atoms with Gasteiger partial charge in [0.15, 0.2) is 11.9 Å². The maximum absolute atomic E-state index is 12.5. The summed E-state index contributed by atoms with van der Waals surface area (Å²) in [6.45, 7) is 1.37. The Bertz CT molecular complexity index is 336. The highest BCUT2D eigenvalue weighted by Gasteiger charge is 2.33. The number of ether oxygens (including phenoxy) is 2. The first-order chi connectivity index (χ1) is 9.22. The van der Waals surface area contributed by atoms with Gasteiger partial charge in [0, 0.05) is 6.04 Å². The molecule has 1 unspecified atom stereocenters. The minimum absolute atomic E-state index is 0.0389. The minimum atomic E-state index is -0.569. The number of carbonyl (C=O) groups excluding carboxylic acids is 1. The normalized spacial score (nSPS) is 25.5. The van der Waals surface area contributed by atoms with E-state index in [1.54, 1.807) is 4.90 Å². The lowest BCUT2D eigenvalue weighted by Gasteiger charge is -2.33. The third-order valence-electron chi connectivity index (χ3n) is 3.60. The summed E-state index contributed by atoms with van der Waals surface area (Å²) in [4.78, 5) is 14.1. The lowest BCUT2D eigenvalue weighted by molar-refractivity contribution is -0.159. The Balaban J connectivity index is 2.04. The first-order valence-corrected chi connectivity index (χ1v) is 6.68. The highest BCUT2D eigenvalue weighted by molar-refractivity contribution is 5.89. The molecule has 0 aromatic rings. The smallest absolute Gasteiger partial charge is 0.254 e. The fraction of sp³-hybridized carbons (Fsp3) is 0.833. The van der Waals surface area contributed by atoms with E-state index in [4.69, 9.17) is 20.4 Å². The van der Waals surface area contributed by atoms with E-state index in [1.165, 1.54) is 0 Å². The molecule has 1 saturated heterocycles. The summed E-state index contributed by atoms with van der Waals surface area (Å²) >= 11 is 0. The van der Waals surface area contributed by atoms with Gasteiger partial charge in [-0.05, 0) is 12.8 Å². The molecule has 7 nitrogen and oxygen atoms in total. The zero-order valence-corrected chi connectivity index (χ0v) is 11.0. The number of amidine groups is 1. The third-order valence-corrected chi connectivity index (χ3v) is 3.60. The van der Waals surface area contributed by atoms with Crippen LogP contribution >= 0.6 is 0 Å². The summed E-state index contributed by atoms with van der Waals surface area (Å²) in [5.41, 5.74) is 5.54. The van der Waals surface area contributed by atoms with E-state index in [0.29, 0.717) is 13.2 Å². The number of nitrogens with zero attached hydrogens (tertiary/aromatic N) is 2. The zero-order chi connectivity index (χ0) is 13.7. The van der Waals surface area contributed by atoms with E-state index >= 15 is 0 Å². The van der Waals surface area contributed by atoms with Gasteiger partial charge in [-0.25, -0.2) is 0 Å². The summed E-state index contributed by atoms with van der Waals surface area (Å²) in [7, 11) is 0. The molecule has 1 heterocycles. The maximum Gasteiger partial charge on any atom is 0.254 e. The zero-order valence-electron chi connectivity index (χ0n) is 11.0. The van der Waals surface area contributed by atoms with Gasteiger partial charge in [0.1, 0.15) is 0 Å². The number of amides is 1. The standard InChI is InChI=1S/C12H21N3O4/c13-11(14-17)7-15(9-3-1-2-4-9)12(16)10-8-18-5-6-19-10/h9-10,17H,1-8H2,(H2,13,14). The molecule has 2 fully saturated rings. The van der Waals surface area contributed by atoms with Gasteiger partial charge in [-0.3, -0.25) is 4.79 Å². The Hall–Kier alpha value is -1.34. The summed E-state index contributed by atoms with van der Waals surface area (Å²) < 4.78 is 10.7. The van der Waals surface area contributed by atoms with E-state index in [1.807, 2.05) is 0 Å². The van der Waals surface area contributed by atoms with Crippen LogP contribution in [0.5, 0.6) is 0 Å². The van der Waals surface area contributed by atoms with Crippen molar-refractivity contribution in [1.82, 2.24) is 4.90 Å². The van der Waals surface area contributed by atoms with Crippen molar-refractivity contribution in [2.75, 3.05) is 26.4 Å². The number of nitrogens with two attached hydrogens (primary N) is 1. The molecule has 3 N–H and O–H groups in total. The van der Waals surface area contributed by atoms with Gasteiger partial charge >= 0.3 is 0 Å². The molecule has 7 heteroatoms. The first-order valence-electron chi connectivity index (χ1n) is 6.68. The van der Waals surface area contributed by atoms with Crippen LogP contribution in [0.3, 0.4) is 0 Å². The molecule has 1 saturated carbocycles. The van der Waals surface area contributed by atoms with Crippen molar-refractivity contribution in [3.05, 3.63) is 0 Å². The highest BCUT2D eigenvalue weighted by atomic mass is 16.6. The molecule has 0 spiro atoms. The van der Waals surface area contributed by atoms with Gasteiger partial charge in [-0.2, -0.15) is 0 Å². The SMILES string of the molecule is NC(CN(C(=O)C1COCCO1)C1CCCC1)=NO. The largest absolute Gasteiger partial charge is 0.409 e. The number of hydrogen-bond donors (Lipinski definition) is 2. The molecule has 0 radical (unpaired) electrons. The van der Waals surface area contributed by atoms with Crippen molar-refractivity contribution in [3.63, 3.8) is 0 Å². The summed E-state index contributed by atoms with van der Waals surface area (Å²) in [5.74, 6) is -0.0878. The Morgan fingerprint density at radius 2 is 2.11 bits per heavy atom. The molecular formula is C12H21N3O4. The first kappa shape index (κ1) is 14.1. The number of hydrogen-bond acceptors (Lipinski definition) is 5. The number of oxime groups is 1. The Kier molecular flexibility index (Phi) is 4.98. The molecule has 1 aliphatic heterocycles. The Morgan fingerprint density at radius 3 is 2.68 bits per heavy atom. The van der Waals surface area contributed by atoms with Gasteiger partial charge in [0.05, 0.1) is 26.4 Å². The van der Waals surface area contributed by atoms with Crippen LogP contribution in [0.15, 0.2) is 5.16 Å². The van der Waals surface area contributed by atoms with Crippen LogP contribution in [0.25, 0.3) is 0 Å². The fourth-order valence-corrected chi connectivity index (χ4v) is 2.62. The average Bonchev–Trinajstić information content (AvgIpc) is 2.98. The van der Waals surface area contributed by atoms with Crippen LogP contribution < -0.4 is 5.73 Å². The third kappa shape index (κ3) is 3.57. The summed E-state index contributed by atoms with van der Waals surface area (Å²) in [6, 6.07) is 0.151. The fourth-order valence-electron chi connectivity index (χ4n) is 2.62. The van der Waals surface area contributed by atoms with Gasteiger partial charge in [0.25, 0.3) is 5.91 Å². The predicted octanol–water partition coefficient (Wildman–Crippen LogP) is -0.0806. The molecule has 0 aromatic carbocycles. The molecule has 0 aromatic heterocycles. The molecule has 19 heavy (non-hydrogen) atoms. The lowest BCUT2D eigenvalue weighted by atomic mass is 10.1. The quantitative estimate of drug-likeness (QED) is 0.322. The highest BCUT2D eigenvalue weighted by Crippen LogP contribution is 2.24. The van der Waals surface area contributed by atoms with Crippen molar-refractivity contribution in [2.24, 2.45) is 10.9 Å². The average molecular weight is 271 g/mol. The summed E-state index contributed by atoms with van der Waals surface area (Å²) in [5, 5.41) is 11.6. The molecule has 108 valence electrons. The second-order valence-corrected chi connectivity index (χ2v) is 4.93. The number of rotatable bonds is 4. The van der Waals surface area contributed by atoms with Crippen molar-refractivity contribution in [3.8, 4) is 0 Å². The monoisotopic (exact) mass is 271 g/mol. The Labute approximate surface area is 112 Å². The maximum atomic E-state index is 12.5. The van der Waals surface area contributed by atoms with Gasteiger partial charge in [0.2, 0.25) is 0 Å². The molecule has 2 aliphatic rings. The van der Waals surface area contributed by atoms with Crippen LogP contribution in [-0.4, -0.2) is 60.4 Å². The van der Waals surface area contributed by atoms with E-state index < -0.39 is 6.10 Å². The molecule has 1 atom stereocenters. The van der Waals surface area contributed by atoms with E-state index in [-0.39, 0.29) is 30.9 Å². The second kappa shape index (κ2) is 6.72. The van der Waals surface area contributed by atoms with Gasteiger partial charge in [-0.15, -0.1) is 0 Å². The van der Waals surface area contributed by atoms with Crippen LogP contribution in [0.1, 0.15) is 25.7 Å². The van der Waals surface area contributed by atoms with E-state index in [2.05, 4.69) is 5.16 Å². The van der Waals surface area contributed by atoms with E-state index in [0.717, 1.165) is 25.7 Å². The van der Waals surface area contributed by atoms with Crippen molar-refractivity contribution in [1.29, 1.82) is 0 Å². The van der Waals surface area contributed by atoms with Crippen molar-refractivity contribution in [2.45, 2.75) is 37.8 Å². The minimum Gasteiger partial charge on any atom is -0.409 e. The predicted molar refractivity (Wildman–Crippen MR) is 67.9 cm³/mol. The summed E-state index contributed by atoms with van der Waals surface area (Å²) in [6.07, 6.45) is 3.55. The molecule has 1 amide bonds. The molecule has 2 rings (SSSR count). The molecular weight excluding hydrogens is 250 g/mol. The van der Waals surface area contributed by atoms with Crippen LogP contribution in [0.2, 0.25) is 0 Å². The van der Waals surface area contributed by atoms with Crippen LogP contribution in [0.4, 0.5) is 0 Å². The Morgan fingerprint density at radius 1 is 1.37 bits per heavy atom. The van der Waals surface area contributed by atoms with Crippen molar-refractivity contribution < 1.29 is 19.5 Å². The van der Waals surface area contributed by atoms with Crippen molar-refractivity contribution >= 4 is 11.7 Å². The molecule has 0 bridgehead atoms. The topological polar surface area (TPSA) is 97.4 Å². The second-order valence-electron chi connectivity index (χ2n) is 4.93. The lowest BCUT2D eigenvalue weighted by Crippen LogP contribution is -2.51. The van der Waals surface area contributed by atoms with Gasteiger partial charge < -0.3 is 25.3 Å². The number of carbonyl (C=O) groups is 1. The molecule has 1 aliphatic carbocycles. The van der Waals surface area contributed by atoms with Gasteiger partial charge in [-0.1, -0.05) is 18.0 Å². The van der Waals surface area contributed by atoms with E-state index in [9.17, 15) is 4.79 Å².